The van der Waals surface area contributed by atoms with Crippen molar-refractivity contribution in [2.24, 2.45) is 5.92 Å². The Morgan fingerprint density at radius 1 is 1.40 bits per heavy atom. The average Bonchev–Trinajstić information content (AvgIpc) is 2.78. The van der Waals surface area contributed by atoms with Crippen LogP contribution in [0.1, 0.15) is 50.8 Å². The molecule has 2 aliphatic rings. The maximum atomic E-state index is 12.2. The maximum absolute atomic E-state index is 12.2. The summed E-state index contributed by atoms with van der Waals surface area (Å²) in [6.45, 7) is 1.99. The van der Waals surface area contributed by atoms with Gasteiger partial charge in [0.15, 0.2) is 0 Å². The predicted octanol–water partition coefficient (Wildman–Crippen LogP) is 2.18. The van der Waals surface area contributed by atoms with E-state index in [1.807, 2.05) is 25.1 Å². The molecule has 1 amide bonds. The molecule has 3 rings (SSSR count). The van der Waals surface area contributed by atoms with Crippen molar-refractivity contribution in [3.8, 4) is 0 Å². The van der Waals surface area contributed by atoms with Gasteiger partial charge >= 0.3 is 0 Å². The fourth-order valence-electron chi connectivity index (χ4n) is 3.61. The SMILES string of the molecule is C[C@@H](NC(=O)CC1CC2CCC(C1)N2)c1ccccn1. The maximum Gasteiger partial charge on any atom is 0.220 e. The minimum Gasteiger partial charge on any atom is -0.348 e. The second-order valence-electron chi connectivity index (χ2n) is 6.22. The van der Waals surface area contributed by atoms with Gasteiger partial charge in [-0.3, -0.25) is 9.78 Å². The zero-order valence-electron chi connectivity index (χ0n) is 12.0. The number of carbonyl (C=O) groups is 1. The fraction of sp³-hybridized carbons (Fsp3) is 0.625. The highest BCUT2D eigenvalue weighted by Gasteiger charge is 2.34. The molecule has 20 heavy (non-hydrogen) atoms. The van der Waals surface area contributed by atoms with Gasteiger partial charge in [0.25, 0.3) is 0 Å². The van der Waals surface area contributed by atoms with E-state index in [0.29, 0.717) is 24.4 Å². The molecular weight excluding hydrogens is 250 g/mol. The van der Waals surface area contributed by atoms with E-state index in [0.717, 1.165) is 18.5 Å². The molecule has 2 saturated heterocycles. The standard InChI is InChI=1S/C16H23N3O/c1-11(15-4-2-3-7-17-15)18-16(20)10-12-8-13-5-6-14(9-12)19-13/h2-4,7,11-14,19H,5-6,8-10H2,1H3,(H,18,20)/t11-,12?,13?,14?/m1/s1. The number of rotatable bonds is 4. The van der Waals surface area contributed by atoms with Gasteiger partial charge in [-0.05, 0) is 50.7 Å². The van der Waals surface area contributed by atoms with E-state index in [4.69, 9.17) is 0 Å². The lowest BCUT2D eigenvalue weighted by molar-refractivity contribution is -0.123. The zero-order chi connectivity index (χ0) is 13.9. The van der Waals surface area contributed by atoms with Crippen LogP contribution in [0, 0.1) is 5.92 Å². The highest BCUT2D eigenvalue weighted by atomic mass is 16.1. The highest BCUT2D eigenvalue weighted by Crippen LogP contribution is 2.32. The van der Waals surface area contributed by atoms with Crippen molar-refractivity contribution in [3.63, 3.8) is 0 Å². The molecule has 0 radical (unpaired) electrons. The Labute approximate surface area is 120 Å². The van der Waals surface area contributed by atoms with Gasteiger partial charge in [-0.25, -0.2) is 0 Å². The summed E-state index contributed by atoms with van der Waals surface area (Å²) in [7, 11) is 0. The minimum absolute atomic E-state index is 0.0119. The number of piperidine rings is 1. The van der Waals surface area contributed by atoms with Crippen LogP contribution in [-0.4, -0.2) is 23.0 Å². The summed E-state index contributed by atoms with van der Waals surface area (Å²) in [5.74, 6) is 0.708. The van der Waals surface area contributed by atoms with Crippen LogP contribution in [0.3, 0.4) is 0 Å². The van der Waals surface area contributed by atoms with Crippen LogP contribution in [0.25, 0.3) is 0 Å². The third kappa shape index (κ3) is 3.18. The molecule has 0 spiro atoms. The fourth-order valence-corrected chi connectivity index (χ4v) is 3.61. The topological polar surface area (TPSA) is 54.0 Å². The number of carbonyl (C=O) groups excluding carboxylic acids is 1. The van der Waals surface area contributed by atoms with E-state index in [-0.39, 0.29) is 11.9 Å². The van der Waals surface area contributed by atoms with Crippen molar-refractivity contribution in [1.82, 2.24) is 15.6 Å². The molecule has 1 aromatic rings. The van der Waals surface area contributed by atoms with E-state index in [2.05, 4.69) is 15.6 Å². The summed E-state index contributed by atoms with van der Waals surface area (Å²) in [5.41, 5.74) is 0.922. The lowest BCUT2D eigenvalue weighted by Crippen LogP contribution is -2.40. The number of hydrogen-bond donors (Lipinski definition) is 2. The first kappa shape index (κ1) is 13.6. The number of nitrogens with zero attached hydrogens (tertiary/aromatic N) is 1. The second kappa shape index (κ2) is 5.92. The van der Waals surface area contributed by atoms with E-state index >= 15 is 0 Å². The molecule has 0 aliphatic carbocycles. The second-order valence-corrected chi connectivity index (χ2v) is 6.22. The molecule has 0 aromatic carbocycles. The molecule has 4 heteroatoms. The van der Waals surface area contributed by atoms with Gasteiger partial charge in [0.2, 0.25) is 5.91 Å². The van der Waals surface area contributed by atoms with Crippen LogP contribution in [0.2, 0.25) is 0 Å². The molecule has 2 fully saturated rings. The zero-order valence-corrected chi connectivity index (χ0v) is 12.0. The van der Waals surface area contributed by atoms with Crippen LogP contribution in [0.4, 0.5) is 0 Å². The van der Waals surface area contributed by atoms with Gasteiger partial charge in [0, 0.05) is 24.7 Å². The van der Waals surface area contributed by atoms with Gasteiger partial charge in [-0.1, -0.05) is 6.07 Å². The number of aromatic nitrogens is 1. The van der Waals surface area contributed by atoms with E-state index in [1.165, 1.54) is 12.8 Å². The average molecular weight is 273 g/mol. The Bertz CT molecular complexity index is 450. The molecule has 108 valence electrons. The molecule has 2 N–H and O–H groups in total. The summed E-state index contributed by atoms with van der Waals surface area (Å²) in [4.78, 5) is 16.5. The van der Waals surface area contributed by atoms with Crippen molar-refractivity contribution < 1.29 is 4.79 Å². The number of amides is 1. The van der Waals surface area contributed by atoms with Gasteiger partial charge in [0.05, 0.1) is 11.7 Å². The summed E-state index contributed by atoms with van der Waals surface area (Å²) < 4.78 is 0. The quantitative estimate of drug-likeness (QED) is 0.884. The lowest BCUT2D eigenvalue weighted by atomic mass is 9.89. The molecular formula is C16H23N3O. The Kier molecular flexibility index (Phi) is 4.01. The minimum atomic E-state index is -0.0119. The third-order valence-electron chi connectivity index (χ3n) is 4.55. The first-order valence-electron chi connectivity index (χ1n) is 7.67. The van der Waals surface area contributed by atoms with E-state index in [9.17, 15) is 4.79 Å². The van der Waals surface area contributed by atoms with E-state index < -0.39 is 0 Å². The summed E-state index contributed by atoms with van der Waals surface area (Å²) in [6.07, 6.45) is 7.30. The largest absolute Gasteiger partial charge is 0.348 e. The smallest absolute Gasteiger partial charge is 0.220 e. The van der Waals surface area contributed by atoms with Crippen molar-refractivity contribution >= 4 is 5.91 Å². The normalized spacial score (nSPS) is 29.9. The third-order valence-corrected chi connectivity index (χ3v) is 4.55. The van der Waals surface area contributed by atoms with Crippen molar-refractivity contribution in [2.45, 2.75) is 57.2 Å². The molecule has 2 aliphatic heterocycles. The summed E-state index contributed by atoms with van der Waals surface area (Å²) in [6, 6.07) is 7.09. The molecule has 4 nitrogen and oxygen atoms in total. The van der Waals surface area contributed by atoms with E-state index in [1.54, 1.807) is 6.20 Å². The van der Waals surface area contributed by atoms with Crippen LogP contribution in [0.5, 0.6) is 0 Å². The molecule has 2 unspecified atom stereocenters. The Hall–Kier alpha value is -1.42. The monoisotopic (exact) mass is 273 g/mol. The molecule has 1 aromatic heterocycles. The predicted molar refractivity (Wildman–Crippen MR) is 78.1 cm³/mol. The first-order chi connectivity index (χ1) is 9.70. The summed E-state index contributed by atoms with van der Waals surface area (Å²) >= 11 is 0. The first-order valence-corrected chi connectivity index (χ1v) is 7.67. The van der Waals surface area contributed by atoms with Gasteiger partial charge < -0.3 is 10.6 Å². The number of hydrogen-bond acceptors (Lipinski definition) is 3. The van der Waals surface area contributed by atoms with Gasteiger partial charge in [-0.15, -0.1) is 0 Å². The molecule has 2 bridgehead atoms. The number of pyridine rings is 1. The molecule has 3 heterocycles. The van der Waals surface area contributed by atoms with Crippen molar-refractivity contribution in [1.29, 1.82) is 0 Å². The Morgan fingerprint density at radius 2 is 2.15 bits per heavy atom. The van der Waals surface area contributed by atoms with Crippen LogP contribution in [-0.2, 0) is 4.79 Å². The number of fused-ring (bicyclic) bond motifs is 2. The molecule has 3 atom stereocenters. The Balaban J connectivity index is 1.50. The van der Waals surface area contributed by atoms with Crippen molar-refractivity contribution in [3.05, 3.63) is 30.1 Å². The Morgan fingerprint density at radius 3 is 2.80 bits per heavy atom. The highest BCUT2D eigenvalue weighted by molar-refractivity contribution is 5.76. The van der Waals surface area contributed by atoms with Crippen LogP contribution < -0.4 is 10.6 Å². The van der Waals surface area contributed by atoms with Crippen molar-refractivity contribution in [2.75, 3.05) is 0 Å². The van der Waals surface area contributed by atoms with Crippen LogP contribution in [0.15, 0.2) is 24.4 Å². The van der Waals surface area contributed by atoms with Gasteiger partial charge in [-0.2, -0.15) is 0 Å². The van der Waals surface area contributed by atoms with Crippen LogP contribution >= 0.6 is 0 Å². The summed E-state index contributed by atoms with van der Waals surface area (Å²) in [5, 5.41) is 6.69. The lowest BCUT2D eigenvalue weighted by Gasteiger charge is -2.29. The molecule has 0 saturated carbocycles. The van der Waals surface area contributed by atoms with Gasteiger partial charge in [0.1, 0.15) is 0 Å². The number of nitrogens with one attached hydrogen (secondary N) is 2.